The summed E-state index contributed by atoms with van der Waals surface area (Å²) in [7, 11) is 0. The highest BCUT2D eigenvalue weighted by molar-refractivity contribution is 5.47. The summed E-state index contributed by atoms with van der Waals surface area (Å²) in [6.45, 7) is 15.2. The first-order valence-electron chi connectivity index (χ1n) is 10.9. The molecule has 0 heterocycles. The van der Waals surface area contributed by atoms with Crippen molar-refractivity contribution in [1.82, 2.24) is 0 Å². The molecule has 0 aliphatic heterocycles. The molecule has 162 valence electrons. The number of anilines is 2. The normalized spacial score (nSPS) is 10.3. The Morgan fingerprint density at radius 3 is 1.53 bits per heavy atom. The van der Waals surface area contributed by atoms with Crippen molar-refractivity contribution in [2.45, 2.75) is 66.2 Å². The van der Waals surface area contributed by atoms with E-state index in [0.29, 0.717) is 17.8 Å². The number of hydrogen-bond donors (Lipinski definition) is 2. The molecule has 0 aliphatic carbocycles. The van der Waals surface area contributed by atoms with E-state index in [1.807, 2.05) is 36.4 Å². The van der Waals surface area contributed by atoms with Gasteiger partial charge in [0.15, 0.2) is 0 Å². The standard InChI is InChI=1S/C10H14.2C9H13N/c1-8(2)10-6-4-9(3)5-7-10;1-7(2)8-4-3-5-9(10)6-8;1-7(2)8-5-3-4-6-9(8)10/h4-8H,1-3H3;2*3-7H,10H2,1-2H3. The zero-order valence-electron chi connectivity index (χ0n) is 19.8. The molecule has 3 aromatic rings. The molecule has 0 amide bonds. The molecule has 0 unspecified atom stereocenters. The van der Waals surface area contributed by atoms with Crippen molar-refractivity contribution in [3.8, 4) is 0 Å². The van der Waals surface area contributed by atoms with Crippen LogP contribution < -0.4 is 11.5 Å². The molecule has 0 radical (unpaired) electrons. The van der Waals surface area contributed by atoms with Gasteiger partial charge >= 0.3 is 0 Å². The lowest BCUT2D eigenvalue weighted by atomic mass is 10.0. The van der Waals surface area contributed by atoms with Crippen LogP contribution in [0.4, 0.5) is 11.4 Å². The van der Waals surface area contributed by atoms with Gasteiger partial charge in [0.2, 0.25) is 0 Å². The van der Waals surface area contributed by atoms with Crippen molar-refractivity contribution < 1.29 is 0 Å². The number of aryl methyl sites for hydroxylation is 1. The van der Waals surface area contributed by atoms with Crippen molar-refractivity contribution >= 4 is 11.4 Å². The van der Waals surface area contributed by atoms with Gasteiger partial charge in [0.05, 0.1) is 0 Å². The van der Waals surface area contributed by atoms with Crippen molar-refractivity contribution in [1.29, 1.82) is 0 Å². The Balaban J connectivity index is 0.000000225. The largest absolute Gasteiger partial charge is 0.399 e. The van der Waals surface area contributed by atoms with Crippen LogP contribution in [0.15, 0.2) is 72.8 Å². The Labute approximate surface area is 184 Å². The van der Waals surface area contributed by atoms with Crippen LogP contribution in [-0.2, 0) is 0 Å². The minimum Gasteiger partial charge on any atom is -0.399 e. The first kappa shape index (κ1) is 25.3. The van der Waals surface area contributed by atoms with E-state index in [1.54, 1.807) is 0 Å². The highest BCUT2D eigenvalue weighted by atomic mass is 14.6. The summed E-state index contributed by atoms with van der Waals surface area (Å²) in [5.41, 5.74) is 18.4. The number of para-hydroxylation sites is 1. The molecule has 0 saturated heterocycles. The lowest BCUT2D eigenvalue weighted by Gasteiger charge is -2.07. The quantitative estimate of drug-likeness (QED) is 0.436. The summed E-state index contributed by atoms with van der Waals surface area (Å²) in [5.74, 6) is 1.75. The smallest absolute Gasteiger partial charge is 0.0349 e. The van der Waals surface area contributed by atoms with E-state index in [9.17, 15) is 0 Å². The van der Waals surface area contributed by atoms with Gasteiger partial charge in [-0.1, -0.05) is 102 Å². The second-order valence-electron chi connectivity index (χ2n) is 8.67. The van der Waals surface area contributed by atoms with Crippen LogP contribution in [0.3, 0.4) is 0 Å². The van der Waals surface area contributed by atoms with Crippen LogP contribution in [0, 0.1) is 6.92 Å². The van der Waals surface area contributed by atoms with Gasteiger partial charge in [-0.25, -0.2) is 0 Å². The summed E-state index contributed by atoms with van der Waals surface area (Å²) in [6.07, 6.45) is 0. The van der Waals surface area contributed by atoms with E-state index in [0.717, 1.165) is 11.4 Å². The Bertz CT molecular complexity index is 862. The molecule has 2 heteroatoms. The zero-order chi connectivity index (χ0) is 22.7. The van der Waals surface area contributed by atoms with Gasteiger partial charge in [0, 0.05) is 11.4 Å². The van der Waals surface area contributed by atoms with Crippen molar-refractivity contribution in [2.24, 2.45) is 0 Å². The molecule has 0 aromatic heterocycles. The maximum atomic E-state index is 5.72. The Morgan fingerprint density at radius 1 is 0.567 bits per heavy atom. The predicted octanol–water partition coefficient (Wildman–Crippen LogP) is 7.90. The van der Waals surface area contributed by atoms with Gasteiger partial charge in [0.1, 0.15) is 0 Å². The van der Waals surface area contributed by atoms with Crippen LogP contribution in [-0.4, -0.2) is 0 Å². The van der Waals surface area contributed by atoms with Crippen molar-refractivity contribution in [2.75, 3.05) is 11.5 Å². The van der Waals surface area contributed by atoms with E-state index in [1.165, 1.54) is 22.3 Å². The van der Waals surface area contributed by atoms with E-state index in [2.05, 4.69) is 84.9 Å². The number of benzene rings is 3. The lowest BCUT2D eigenvalue weighted by molar-refractivity contribution is 0.866. The number of rotatable bonds is 3. The third-order valence-corrected chi connectivity index (χ3v) is 4.94. The first-order chi connectivity index (χ1) is 14.1. The molecule has 0 spiro atoms. The molecule has 3 aromatic carbocycles. The van der Waals surface area contributed by atoms with Gasteiger partial charge in [-0.2, -0.15) is 0 Å². The molecular formula is C28H40N2. The van der Waals surface area contributed by atoms with Gasteiger partial charge < -0.3 is 11.5 Å². The molecule has 4 N–H and O–H groups in total. The SMILES string of the molecule is CC(C)c1cccc(N)c1.CC(C)c1ccccc1N.Cc1ccc(C(C)C)cc1. The number of nitrogen functional groups attached to an aromatic ring is 2. The predicted molar refractivity (Wildman–Crippen MR) is 135 cm³/mol. The zero-order valence-corrected chi connectivity index (χ0v) is 19.8. The fourth-order valence-electron chi connectivity index (χ4n) is 2.91. The number of nitrogens with two attached hydrogens (primary N) is 2. The van der Waals surface area contributed by atoms with E-state index in [4.69, 9.17) is 11.5 Å². The minimum atomic E-state index is 0.529. The van der Waals surface area contributed by atoms with Crippen molar-refractivity contribution in [3.05, 3.63) is 95.1 Å². The average Bonchev–Trinajstić information content (AvgIpc) is 2.69. The third-order valence-electron chi connectivity index (χ3n) is 4.94. The van der Waals surface area contributed by atoms with Gasteiger partial charge in [-0.15, -0.1) is 0 Å². The van der Waals surface area contributed by atoms with E-state index >= 15 is 0 Å². The second kappa shape index (κ2) is 12.7. The monoisotopic (exact) mass is 404 g/mol. The summed E-state index contributed by atoms with van der Waals surface area (Å²) in [5, 5.41) is 0. The summed E-state index contributed by atoms with van der Waals surface area (Å²) in [6, 6.07) is 24.7. The molecular weight excluding hydrogens is 364 g/mol. The molecule has 0 atom stereocenters. The maximum Gasteiger partial charge on any atom is 0.0349 e. The van der Waals surface area contributed by atoms with Gasteiger partial charge in [0.25, 0.3) is 0 Å². The third kappa shape index (κ3) is 9.17. The molecule has 0 fully saturated rings. The fraction of sp³-hybridized carbons (Fsp3) is 0.357. The molecule has 2 nitrogen and oxygen atoms in total. The van der Waals surface area contributed by atoms with Crippen LogP contribution in [0.2, 0.25) is 0 Å². The Hall–Kier alpha value is -2.74. The Morgan fingerprint density at radius 2 is 1.13 bits per heavy atom. The van der Waals surface area contributed by atoms with Gasteiger partial charge in [-0.3, -0.25) is 0 Å². The topological polar surface area (TPSA) is 52.0 Å². The maximum absolute atomic E-state index is 5.72. The average molecular weight is 405 g/mol. The molecule has 0 bridgehead atoms. The van der Waals surface area contributed by atoms with Crippen molar-refractivity contribution in [3.63, 3.8) is 0 Å². The summed E-state index contributed by atoms with van der Waals surface area (Å²) in [4.78, 5) is 0. The second-order valence-corrected chi connectivity index (χ2v) is 8.67. The lowest BCUT2D eigenvalue weighted by Crippen LogP contribution is -1.94. The molecule has 0 saturated carbocycles. The molecule has 0 aliphatic rings. The van der Waals surface area contributed by atoms with Crippen LogP contribution >= 0.6 is 0 Å². The fourth-order valence-corrected chi connectivity index (χ4v) is 2.91. The molecule has 3 rings (SSSR count). The van der Waals surface area contributed by atoms with Gasteiger partial charge in [-0.05, 0) is 59.6 Å². The Kier molecular flexibility index (Phi) is 10.7. The van der Waals surface area contributed by atoms with E-state index < -0.39 is 0 Å². The van der Waals surface area contributed by atoms with Crippen LogP contribution in [0.5, 0.6) is 0 Å². The van der Waals surface area contributed by atoms with E-state index in [-0.39, 0.29) is 0 Å². The summed E-state index contributed by atoms with van der Waals surface area (Å²) >= 11 is 0. The highest BCUT2D eigenvalue weighted by Gasteiger charge is 2.00. The van der Waals surface area contributed by atoms with Crippen LogP contribution in [0.1, 0.15) is 81.5 Å². The highest BCUT2D eigenvalue weighted by Crippen LogP contribution is 2.20. The minimum absolute atomic E-state index is 0.529. The first-order valence-corrected chi connectivity index (χ1v) is 10.9. The molecule has 30 heavy (non-hydrogen) atoms. The summed E-state index contributed by atoms with van der Waals surface area (Å²) < 4.78 is 0. The number of hydrogen-bond acceptors (Lipinski definition) is 2. The van der Waals surface area contributed by atoms with Crippen LogP contribution in [0.25, 0.3) is 0 Å².